The smallest absolute Gasteiger partial charge is 0.258 e. The minimum atomic E-state index is -1.59. The molecule has 0 radical (unpaired) electrons. The van der Waals surface area contributed by atoms with E-state index in [1.807, 2.05) is 66.7 Å². The molecule has 0 bridgehead atoms. The minimum Gasteiger partial charge on any atom is -0.394 e. The molecule has 4 N–H and O–H groups in total. The zero-order chi connectivity index (χ0) is 30.2. The SMILES string of the molecule is C#CCCN(CCOC1OC(CO)C(O)C(O)C1O)C(=O)C1=C2C(=C(c3ccccc3)C1=O)c1cccc3cccc2c13. The Labute approximate surface area is 248 Å². The third kappa shape index (κ3) is 4.88. The molecule has 0 aromatic heterocycles. The summed E-state index contributed by atoms with van der Waals surface area (Å²) in [7, 11) is 0. The summed E-state index contributed by atoms with van der Waals surface area (Å²) in [6.07, 6.45) is -1.40. The van der Waals surface area contributed by atoms with Gasteiger partial charge in [0.2, 0.25) is 0 Å². The number of aliphatic hydroxyl groups is 4. The molecule has 6 rings (SSSR count). The van der Waals surface area contributed by atoms with E-state index in [2.05, 4.69) is 5.92 Å². The number of carbonyl (C=O) groups is 2. The fourth-order valence-corrected chi connectivity index (χ4v) is 6.14. The van der Waals surface area contributed by atoms with Gasteiger partial charge in [-0.3, -0.25) is 9.59 Å². The van der Waals surface area contributed by atoms with Crippen LogP contribution in [0.25, 0.3) is 27.5 Å². The van der Waals surface area contributed by atoms with Crippen LogP contribution in [0.1, 0.15) is 23.1 Å². The second-order valence-corrected chi connectivity index (χ2v) is 10.7. The van der Waals surface area contributed by atoms with Gasteiger partial charge in [-0.15, -0.1) is 12.3 Å². The van der Waals surface area contributed by atoms with Gasteiger partial charge in [-0.25, -0.2) is 0 Å². The second kappa shape index (κ2) is 11.9. The topological polar surface area (TPSA) is 137 Å². The quantitative estimate of drug-likeness (QED) is 0.222. The predicted molar refractivity (Wildman–Crippen MR) is 159 cm³/mol. The monoisotopic (exact) mass is 581 g/mol. The van der Waals surface area contributed by atoms with Crippen LogP contribution in [0.4, 0.5) is 0 Å². The summed E-state index contributed by atoms with van der Waals surface area (Å²) in [6, 6.07) is 21.1. The molecule has 5 atom stereocenters. The van der Waals surface area contributed by atoms with Crippen LogP contribution in [0, 0.1) is 12.3 Å². The van der Waals surface area contributed by atoms with Gasteiger partial charge in [0.25, 0.3) is 5.91 Å². The molecule has 1 heterocycles. The summed E-state index contributed by atoms with van der Waals surface area (Å²) >= 11 is 0. The molecule has 1 fully saturated rings. The summed E-state index contributed by atoms with van der Waals surface area (Å²) < 4.78 is 11.1. The van der Waals surface area contributed by atoms with Gasteiger partial charge in [0.15, 0.2) is 12.1 Å². The number of benzene rings is 3. The van der Waals surface area contributed by atoms with Gasteiger partial charge in [0.1, 0.15) is 24.4 Å². The molecule has 9 nitrogen and oxygen atoms in total. The lowest BCUT2D eigenvalue weighted by atomic mass is 9.95. The first-order valence-corrected chi connectivity index (χ1v) is 14.1. The van der Waals surface area contributed by atoms with Crippen molar-refractivity contribution in [3.8, 4) is 12.3 Å². The van der Waals surface area contributed by atoms with E-state index in [1.165, 1.54) is 4.90 Å². The van der Waals surface area contributed by atoms with Crippen LogP contribution < -0.4 is 0 Å². The van der Waals surface area contributed by atoms with Crippen LogP contribution in [0.3, 0.4) is 0 Å². The number of Topliss-reactive ketones (excluding diaryl/α,β-unsaturated/α-hetero) is 1. The fraction of sp³-hybridized carbons (Fsp3) is 0.294. The third-order valence-corrected chi connectivity index (χ3v) is 8.23. The number of fused-ring (bicyclic) bond motifs is 3. The summed E-state index contributed by atoms with van der Waals surface area (Å²) in [5.41, 5.74) is 4.30. The standard InChI is InChI=1S/C34H31NO8/c1-2-3-15-35(16-17-42-34-32(40)31(39)29(37)23(18-36)43-34)33(41)28-27-22-14-8-12-19-11-7-13-21(24(19)22)26(27)25(30(28)38)20-9-5-4-6-10-20/h1,4-14,23,29,31-32,34,36-37,39-40H,3,15-18H2. The predicted octanol–water partition coefficient (Wildman–Crippen LogP) is 1.77. The number of hydrogen-bond acceptors (Lipinski definition) is 8. The van der Waals surface area contributed by atoms with Crippen LogP contribution in [0.5, 0.6) is 0 Å². The Kier molecular flexibility index (Phi) is 7.99. The van der Waals surface area contributed by atoms with Gasteiger partial charge < -0.3 is 34.8 Å². The van der Waals surface area contributed by atoms with Crippen molar-refractivity contribution in [1.82, 2.24) is 4.90 Å². The van der Waals surface area contributed by atoms with Crippen molar-refractivity contribution >= 4 is 39.2 Å². The lowest BCUT2D eigenvalue weighted by molar-refractivity contribution is -0.301. The lowest BCUT2D eigenvalue weighted by Crippen LogP contribution is -2.59. The molecule has 1 aliphatic heterocycles. The Hall–Kier alpha value is -4.14. The molecular weight excluding hydrogens is 550 g/mol. The Morgan fingerprint density at radius 3 is 2.26 bits per heavy atom. The van der Waals surface area contributed by atoms with Gasteiger partial charge >= 0.3 is 0 Å². The van der Waals surface area contributed by atoms with Crippen LogP contribution >= 0.6 is 0 Å². The maximum Gasteiger partial charge on any atom is 0.258 e. The van der Waals surface area contributed by atoms with Gasteiger partial charge in [-0.2, -0.15) is 0 Å². The molecular formula is C34H31NO8. The van der Waals surface area contributed by atoms with Crippen LogP contribution in [-0.2, 0) is 19.1 Å². The van der Waals surface area contributed by atoms with E-state index in [-0.39, 0.29) is 37.5 Å². The average Bonchev–Trinajstić information content (AvgIpc) is 3.51. The van der Waals surface area contributed by atoms with Gasteiger partial charge in [0.05, 0.1) is 18.8 Å². The van der Waals surface area contributed by atoms with Crippen molar-refractivity contribution < 1.29 is 39.5 Å². The normalized spacial score (nSPS) is 24.4. The van der Waals surface area contributed by atoms with E-state index in [4.69, 9.17) is 15.9 Å². The average molecular weight is 582 g/mol. The molecule has 1 amide bonds. The van der Waals surface area contributed by atoms with E-state index < -0.39 is 43.2 Å². The Morgan fingerprint density at radius 2 is 1.58 bits per heavy atom. The number of nitrogens with zero attached hydrogens (tertiary/aromatic N) is 1. The Balaban J connectivity index is 1.34. The van der Waals surface area contributed by atoms with Gasteiger partial charge in [-0.1, -0.05) is 66.7 Å². The van der Waals surface area contributed by atoms with Crippen molar-refractivity contribution in [3.63, 3.8) is 0 Å². The number of aliphatic hydroxyl groups excluding tert-OH is 4. The molecule has 3 aliphatic rings. The summed E-state index contributed by atoms with van der Waals surface area (Å²) in [5, 5.41) is 41.9. The third-order valence-electron chi connectivity index (χ3n) is 8.23. The summed E-state index contributed by atoms with van der Waals surface area (Å²) in [5.74, 6) is 1.67. The number of amides is 1. The Bertz CT molecular complexity index is 1680. The molecule has 0 saturated carbocycles. The molecule has 1 saturated heterocycles. The maximum absolute atomic E-state index is 14.3. The highest BCUT2D eigenvalue weighted by atomic mass is 16.7. The number of allylic oxidation sites excluding steroid dienone is 3. The molecule has 5 unspecified atom stereocenters. The number of hydrogen-bond donors (Lipinski definition) is 4. The van der Waals surface area contributed by atoms with Gasteiger partial charge in [0, 0.05) is 36.2 Å². The highest BCUT2D eigenvalue weighted by molar-refractivity contribution is 6.56. The highest BCUT2D eigenvalue weighted by Gasteiger charge is 2.45. The van der Waals surface area contributed by atoms with Crippen molar-refractivity contribution in [2.75, 3.05) is 26.3 Å². The molecule has 2 aliphatic carbocycles. The van der Waals surface area contributed by atoms with Crippen molar-refractivity contribution in [2.45, 2.75) is 37.1 Å². The van der Waals surface area contributed by atoms with E-state index in [0.29, 0.717) is 16.7 Å². The van der Waals surface area contributed by atoms with Gasteiger partial charge in [-0.05, 0) is 27.5 Å². The lowest BCUT2D eigenvalue weighted by Gasteiger charge is -2.39. The largest absolute Gasteiger partial charge is 0.394 e. The first kappa shape index (κ1) is 29.0. The molecule has 9 heteroatoms. The Morgan fingerprint density at radius 1 is 0.884 bits per heavy atom. The summed E-state index contributed by atoms with van der Waals surface area (Å²) in [6.45, 7) is -0.598. The minimum absolute atomic E-state index is 0.00720. The van der Waals surface area contributed by atoms with Crippen LogP contribution in [-0.4, -0.2) is 94.0 Å². The second-order valence-electron chi connectivity index (χ2n) is 10.7. The van der Waals surface area contributed by atoms with E-state index >= 15 is 0 Å². The number of ketones is 1. The van der Waals surface area contributed by atoms with Crippen molar-refractivity contribution in [1.29, 1.82) is 0 Å². The number of rotatable bonds is 9. The number of carbonyl (C=O) groups excluding carboxylic acids is 2. The number of terminal acetylenes is 1. The highest BCUT2D eigenvalue weighted by Crippen LogP contribution is 2.54. The van der Waals surface area contributed by atoms with Crippen LogP contribution in [0.15, 0.2) is 72.3 Å². The maximum atomic E-state index is 14.3. The van der Waals surface area contributed by atoms with Crippen molar-refractivity contribution in [2.24, 2.45) is 0 Å². The first-order chi connectivity index (χ1) is 20.9. The fourth-order valence-electron chi connectivity index (χ4n) is 6.14. The van der Waals surface area contributed by atoms with E-state index in [0.717, 1.165) is 27.5 Å². The van der Waals surface area contributed by atoms with Crippen molar-refractivity contribution in [3.05, 3.63) is 89.0 Å². The molecule has 3 aromatic carbocycles. The molecule has 3 aromatic rings. The summed E-state index contributed by atoms with van der Waals surface area (Å²) in [4.78, 5) is 29.9. The molecule has 0 spiro atoms. The number of ether oxygens (including phenoxy) is 2. The zero-order valence-corrected chi connectivity index (χ0v) is 23.2. The molecule has 43 heavy (non-hydrogen) atoms. The molecule has 220 valence electrons. The first-order valence-electron chi connectivity index (χ1n) is 14.1. The van der Waals surface area contributed by atoms with Crippen LogP contribution in [0.2, 0.25) is 0 Å². The van der Waals surface area contributed by atoms with E-state index in [1.54, 1.807) is 0 Å². The van der Waals surface area contributed by atoms with E-state index in [9.17, 15) is 30.0 Å². The zero-order valence-electron chi connectivity index (χ0n) is 23.2.